The van der Waals surface area contributed by atoms with Crippen molar-refractivity contribution in [1.82, 2.24) is 9.80 Å². The lowest BCUT2D eigenvalue weighted by atomic mass is 9.85. The number of hydrogen-bond acceptors (Lipinski definition) is 4. The van der Waals surface area contributed by atoms with Gasteiger partial charge in [0.25, 0.3) is 0 Å². The number of hydrogen-bond donors (Lipinski definition) is 0. The first-order valence-corrected chi connectivity index (χ1v) is 12.7. The minimum Gasteiger partial charge on any atom is -0.339 e. The van der Waals surface area contributed by atoms with E-state index in [4.69, 9.17) is 0 Å². The van der Waals surface area contributed by atoms with Crippen LogP contribution in [0.3, 0.4) is 0 Å². The molecule has 2 saturated heterocycles. The number of benzene rings is 2. The van der Waals surface area contributed by atoms with Crippen molar-refractivity contribution in [3.8, 4) is 0 Å². The van der Waals surface area contributed by atoms with Gasteiger partial charge in [-0.25, -0.2) is 4.39 Å². The van der Waals surface area contributed by atoms with Crippen LogP contribution in [0.15, 0.2) is 64.8 Å². The zero-order chi connectivity index (χ0) is 23.3. The minimum atomic E-state index is -0.499. The average Bonchev–Trinajstić information content (AvgIpc) is 3.11. The summed E-state index contributed by atoms with van der Waals surface area (Å²) in [6.07, 6.45) is 4.77. The highest BCUT2D eigenvalue weighted by Crippen LogP contribution is 2.39. The van der Waals surface area contributed by atoms with Crippen molar-refractivity contribution >= 4 is 40.0 Å². The SMILES string of the molecule is O=C(CCCN1CCC2(CC1)C(=O)N(C/C=C/I)CN2c1ccccc1)c1ccc(F)cc1. The summed E-state index contributed by atoms with van der Waals surface area (Å²) in [6.45, 7) is 3.72. The Hall–Kier alpha value is -2.26. The zero-order valence-electron chi connectivity index (χ0n) is 18.6. The molecule has 4 rings (SSSR count). The quantitative estimate of drug-likeness (QED) is 0.341. The van der Waals surface area contributed by atoms with Gasteiger partial charge in [0.1, 0.15) is 11.4 Å². The largest absolute Gasteiger partial charge is 0.339 e. The lowest BCUT2D eigenvalue weighted by Crippen LogP contribution is -2.56. The van der Waals surface area contributed by atoms with Gasteiger partial charge in [0, 0.05) is 37.3 Å². The second kappa shape index (κ2) is 10.8. The van der Waals surface area contributed by atoms with Crippen molar-refractivity contribution in [3.05, 3.63) is 76.1 Å². The summed E-state index contributed by atoms with van der Waals surface area (Å²) in [5, 5.41) is 0. The fraction of sp³-hybridized carbons (Fsp3) is 0.385. The third-order valence-electron chi connectivity index (χ3n) is 6.72. The summed E-state index contributed by atoms with van der Waals surface area (Å²) in [4.78, 5) is 32.5. The monoisotopic (exact) mass is 561 g/mol. The Morgan fingerprint density at radius 2 is 1.76 bits per heavy atom. The molecule has 2 aromatic rings. The Labute approximate surface area is 208 Å². The van der Waals surface area contributed by atoms with E-state index in [0.717, 1.165) is 44.6 Å². The molecule has 2 fully saturated rings. The summed E-state index contributed by atoms with van der Waals surface area (Å²) >= 11 is 2.19. The molecule has 0 unspecified atom stereocenters. The Morgan fingerprint density at radius 3 is 2.42 bits per heavy atom. The number of likely N-dealkylation sites (tertiary alicyclic amines) is 1. The Balaban J connectivity index is 1.36. The fourth-order valence-electron chi connectivity index (χ4n) is 4.90. The maximum atomic E-state index is 13.5. The molecule has 0 atom stereocenters. The highest BCUT2D eigenvalue weighted by molar-refractivity contribution is 14.1. The number of rotatable bonds is 8. The first-order chi connectivity index (χ1) is 16.0. The molecule has 1 spiro atoms. The first-order valence-electron chi connectivity index (χ1n) is 11.4. The van der Waals surface area contributed by atoms with Crippen LogP contribution in [-0.2, 0) is 4.79 Å². The van der Waals surface area contributed by atoms with Crippen LogP contribution >= 0.6 is 22.6 Å². The zero-order valence-corrected chi connectivity index (χ0v) is 20.8. The van der Waals surface area contributed by atoms with Crippen LogP contribution in [0.1, 0.15) is 36.0 Å². The van der Waals surface area contributed by atoms with Gasteiger partial charge in [-0.1, -0.05) is 46.9 Å². The van der Waals surface area contributed by atoms with Gasteiger partial charge < -0.3 is 14.7 Å². The van der Waals surface area contributed by atoms with E-state index in [9.17, 15) is 14.0 Å². The highest BCUT2D eigenvalue weighted by Gasteiger charge is 2.53. The number of para-hydroxylation sites is 1. The topological polar surface area (TPSA) is 43.9 Å². The van der Waals surface area contributed by atoms with Crippen LogP contribution in [0.2, 0.25) is 0 Å². The standard InChI is InChI=1S/C26H29FIN3O2/c27-22-11-9-21(10-12-22)24(32)8-4-16-29-18-13-26(14-19-29)25(33)30(17-5-15-28)20-31(26)23-6-2-1-3-7-23/h1-3,5-7,9-12,15H,4,8,13-14,16-20H2/b15-5+. The van der Waals surface area contributed by atoms with Crippen LogP contribution in [0.25, 0.3) is 0 Å². The van der Waals surface area contributed by atoms with E-state index in [2.05, 4.69) is 44.5 Å². The molecule has 2 aliphatic heterocycles. The third kappa shape index (κ3) is 5.30. The number of ketones is 1. The number of carbonyl (C=O) groups excluding carboxylic acids is 2. The third-order valence-corrected chi connectivity index (χ3v) is 7.23. The molecular weight excluding hydrogens is 532 g/mol. The fourth-order valence-corrected chi connectivity index (χ4v) is 5.13. The second-order valence-electron chi connectivity index (χ2n) is 8.70. The molecule has 33 heavy (non-hydrogen) atoms. The van der Waals surface area contributed by atoms with Crippen LogP contribution in [0.4, 0.5) is 10.1 Å². The molecular formula is C26H29FIN3O2. The van der Waals surface area contributed by atoms with E-state index in [-0.39, 0.29) is 17.5 Å². The van der Waals surface area contributed by atoms with Gasteiger partial charge in [-0.05, 0) is 66.3 Å². The van der Waals surface area contributed by atoms with Crippen molar-refractivity contribution in [2.75, 3.05) is 37.7 Å². The first kappa shape index (κ1) is 23.9. The Kier molecular flexibility index (Phi) is 7.80. The molecule has 0 aromatic heterocycles. The molecule has 174 valence electrons. The molecule has 0 radical (unpaired) electrons. The van der Waals surface area contributed by atoms with Crippen LogP contribution in [0.5, 0.6) is 0 Å². The summed E-state index contributed by atoms with van der Waals surface area (Å²) < 4.78 is 15.0. The van der Waals surface area contributed by atoms with Crippen LogP contribution < -0.4 is 4.90 Å². The summed E-state index contributed by atoms with van der Waals surface area (Å²) in [5.41, 5.74) is 1.15. The van der Waals surface area contributed by atoms with E-state index in [0.29, 0.717) is 25.2 Å². The van der Waals surface area contributed by atoms with Crippen molar-refractivity contribution in [2.45, 2.75) is 31.2 Å². The van der Waals surface area contributed by atoms with Crippen molar-refractivity contribution in [2.24, 2.45) is 0 Å². The molecule has 0 bridgehead atoms. The van der Waals surface area contributed by atoms with Gasteiger partial charge in [0.15, 0.2) is 5.78 Å². The van der Waals surface area contributed by atoms with E-state index in [1.807, 2.05) is 33.3 Å². The van der Waals surface area contributed by atoms with Gasteiger partial charge >= 0.3 is 0 Å². The maximum Gasteiger partial charge on any atom is 0.250 e. The van der Waals surface area contributed by atoms with E-state index >= 15 is 0 Å². The lowest BCUT2D eigenvalue weighted by molar-refractivity contribution is -0.133. The van der Waals surface area contributed by atoms with E-state index in [1.165, 1.54) is 12.1 Å². The van der Waals surface area contributed by atoms with Crippen LogP contribution in [-0.4, -0.2) is 59.9 Å². The van der Waals surface area contributed by atoms with Gasteiger partial charge in [-0.3, -0.25) is 9.59 Å². The number of carbonyl (C=O) groups is 2. The molecule has 1 amide bonds. The normalized spacial score (nSPS) is 18.5. The van der Waals surface area contributed by atoms with Gasteiger partial charge in [0.2, 0.25) is 5.91 Å². The van der Waals surface area contributed by atoms with E-state index < -0.39 is 5.54 Å². The molecule has 7 heteroatoms. The average molecular weight is 561 g/mol. The van der Waals surface area contributed by atoms with Gasteiger partial charge in [-0.15, -0.1) is 0 Å². The summed E-state index contributed by atoms with van der Waals surface area (Å²) in [5.74, 6) is -0.0701. The maximum absolute atomic E-state index is 13.5. The number of Topliss-reactive ketones (excluding diaryl/α,β-unsaturated/α-hetero) is 1. The number of piperidine rings is 1. The summed E-state index contributed by atoms with van der Waals surface area (Å²) in [6, 6.07) is 16.0. The predicted molar refractivity (Wildman–Crippen MR) is 137 cm³/mol. The highest BCUT2D eigenvalue weighted by atomic mass is 127. The number of nitrogens with zero attached hydrogens (tertiary/aromatic N) is 3. The molecule has 2 aliphatic rings. The summed E-state index contributed by atoms with van der Waals surface area (Å²) in [7, 11) is 0. The minimum absolute atomic E-state index is 0.0451. The number of amides is 1. The molecule has 5 nitrogen and oxygen atoms in total. The molecule has 0 N–H and O–H groups in total. The van der Waals surface area contributed by atoms with Crippen molar-refractivity contribution in [1.29, 1.82) is 0 Å². The Morgan fingerprint density at radius 1 is 1.06 bits per heavy atom. The molecule has 0 saturated carbocycles. The van der Waals surface area contributed by atoms with Crippen molar-refractivity contribution < 1.29 is 14.0 Å². The van der Waals surface area contributed by atoms with Crippen molar-refractivity contribution in [3.63, 3.8) is 0 Å². The van der Waals surface area contributed by atoms with E-state index in [1.54, 1.807) is 12.1 Å². The smallest absolute Gasteiger partial charge is 0.250 e. The van der Waals surface area contributed by atoms with Gasteiger partial charge in [0.05, 0.1) is 6.67 Å². The molecule has 2 heterocycles. The second-order valence-corrected chi connectivity index (χ2v) is 9.42. The Bertz CT molecular complexity index is 988. The number of halogens is 2. The molecule has 2 aromatic carbocycles. The predicted octanol–water partition coefficient (Wildman–Crippen LogP) is 4.88. The molecule has 0 aliphatic carbocycles. The number of anilines is 1. The van der Waals surface area contributed by atoms with Gasteiger partial charge in [-0.2, -0.15) is 0 Å². The van der Waals surface area contributed by atoms with Crippen LogP contribution in [0, 0.1) is 5.82 Å². The lowest BCUT2D eigenvalue weighted by Gasteiger charge is -2.43.